The molecule has 22 heavy (non-hydrogen) atoms. The van der Waals surface area contributed by atoms with Crippen LogP contribution in [0.15, 0.2) is 60.7 Å². The molecule has 0 bridgehead atoms. The van der Waals surface area contributed by atoms with Gasteiger partial charge in [-0.05, 0) is 28.8 Å². The summed E-state index contributed by atoms with van der Waals surface area (Å²) in [6.07, 6.45) is 9.23. The molecular weight excluding hydrogens is 284 g/mol. The third-order valence-corrected chi connectivity index (χ3v) is 9.63. The molecule has 0 amide bonds. The first-order valence-corrected chi connectivity index (χ1v) is 10.4. The molecule has 0 saturated carbocycles. The van der Waals surface area contributed by atoms with Crippen LogP contribution in [0, 0.1) is 0 Å². The third kappa shape index (κ3) is 1.88. The average Bonchev–Trinajstić information content (AvgIpc) is 3.19. The van der Waals surface area contributed by atoms with E-state index >= 15 is 0 Å². The van der Waals surface area contributed by atoms with E-state index in [1.165, 1.54) is 22.3 Å². The molecule has 2 aromatic carbocycles. The Morgan fingerprint density at radius 2 is 1.23 bits per heavy atom. The van der Waals surface area contributed by atoms with E-state index in [4.69, 9.17) is 4.43 Å². The van der Waals surface area contributed by atoms with Gasteiger partial charge in [-0.15, -0.1) is 0 Å². The predicted octanol–water partition coefficient (Wildman–Crippen LogP) is 4.91. The molecule has 0 heterocycles. The highest BCUT2D eigenvalue weighted by Crippen LogP contribution is 2.47. The van der Waals surface area contributed by atoms with Gasteiger partial charge in [-0.1, -0.05) is 72.8 Å². The Balaban J connectivity index is 1.80. The van der Waals surface area contributed by atoms with Crippen molar-refractivity contribution in [3.63, 3.8) is 0 Å². The molecule has 0 saturated heterocycles. The van der Waals surface area contributed by atoms with E-state index in [0.717, 1.165) is 0 Å². The molecule has 1 nitrogen and oxygen atoms in total. The predicted molar refractivity (Wildman–Crippen MR) is 95.1 cm³/mol. The van der Waals surface area contributed by atoms with Crippen molar-refractivity contribution in [1.82, 2.24) is 0 Å². The fraction of sp³-hybridized carbons (Fsp3) is 0.200. The van der Waals surface area contributed by atoms with Gasteiger partial charge in [-0.25, -0.2) is 0 Å². The van der Waals surface area contributed by atoms with Crippen LogP contribution in [-0.2, 0) is 4.43 Å². The molecule has 0 radical (unpaired) electrons. The van der Waals surface area contributed by atoms with Gasteiger partial charge in [0.2, 0.25) is 8.32 Å². The Hall–Kier alpha value is -1.90. The highest BCUT2D eigenvalue weighted by Gasteiger charge is 2.47. The van der Waals surface area contributed by atoms with Gasteiger partial charge in [-0.3, -0.25) is 0 Å². The zero-order chi connectivity index (χ0) is 15.2. The summed E-state index contributed by atoms with van der Waals surface area (Å²) in [5.74, 6) is 0. The normalized spacial score (nSPS) is 24.1. The molecule has 0 fully saturated rings. The molecule has 2 aliphatic rings. The van der Waals surface area contributed by atoms with Crippen molar-refractivity contribution < 1.29 is 4.43 Å². The van der Waals surface area contributed by atoms with Gasteiger partial charge < -0.3 is 4.43 Å². The van der Waals surface area contributed by atoms with Gasteiger partial charge in [0.1, 0.15) is 0 Å². The Morgan fingerprint density at radius 1 is 0.773 bits per heavy atom. The lowest BCUT2D eigenvalue weighted by Crippen LogP contribution is -2.45. The Morgan fingerprint density at radius 3 is 1.68 bits per heavy atom. The first kappa shape index (κ1) is 13.7. The van der Waals surface area contributed by atoms with Crippen molar-refractivity contribution in [2.24, 2.45) is 0 Å². The quantitative estimate of drug-likeness (QED) is 0.732. The van der Waals surface area contributed by atoms with Crippen molar-refractivity contribution in [3.05, 3.63) is 82.9 Å². The largest absolute Gasteiger partial charge is 0.418 e. The molecule has 0 N–H and O–H groups in total. The van der Waals surface area contributed by atoms with Crippen molar-refractivity contribution >= 4 is 20.5 Å². The number of benzene rings is 2. The van der Waals surface area contributed by atoms with Gasteiger partial charge in [0, 0.05) is 18.2 Å². The number of allylic oxidation sites excluding steroid dienone is 2. The van der Waals surface area contributed by atoms with Crippen LogP contribution in [0.3, 0.4) is 0 Å². The van der Waals surface area contributed by atoms with Gasteiger partial charge in [0.25, 0.3) is 0 Å². The monoisotopic (exact) mass is 304 g/mol. The lowest BCUT2D eigenvalue weighted by atomic mass is 10.1. The number of hydrogen-bond donors (Lipinski definition) is 0. The SMILES string of the molecule is CO[Si](C)(C1C=Cc2ccccc21)C1C=Cc2ccccc21. The number of rotatable bonds is 3. The van der Waals surface area contributed by atoms with Crippen molar-refractivity contribution in [1.29, 1.82) is 0 Å². The molecule has 2 aromatic rings. The summed E-state index contributed by atoms with van der Waals surface area (Å²) in [6.45, 7) is 2.38. The molecule has 2 aliphatic carbocycles. The van der Waals surface area contributed by atoms with Gasteiger partial charge in [0.15, 0.2) is 0 Å². The van der Waals surface area contributed by atoms with Crippen LogP contribution >= 0.6 is 0 Å². The molecule has 2 heteroatoms. The summed E-state index contributed by atoms with van der Waals surface area (Å²) in [7, 11) is -0.135. The second-order valence-electron chi connectivity index (χ2n) is 6.32. The van der Waals surface area contributed by atoms with E-state index in [1.54, 1.807) is 0 Å². The standard InChI is InChI=1S/C20H20OSi/c1-21-22(2,19-13-11-15-7-3-5-9-17(15)19)20-14-12-16-8-4-6-10-18(16)20/h3-14,19-20H,1-2H3. The van der Waals surface area contributed by atoms with Gasteiger partial charge in [-0.2, -0.15) is 0 Å². The number of hydrogen-bond acceptors (Lipinski definition) is 1. The summed E-state index contributed by atoms with van der Waals surface area (Å²) in [5, 5.41) is 0. The number of fused-ring (bicyclic) bond motifs is 2. The molecule has 0 spiro atoms. The van der Waals surface area contributed by atoms with Crippen molar-refractivity contribution in [2.75, 3.05) is 7.11 Å². The Bertz CT molecular complexity index is 713. The van der Waals surface area contributed by atoms with Gasteiger partial charge >= 0.3 is 0 Å². The Labute approximate surface area is 133 Å². The zero-order valence-electron chi connectivity index (χ0n) is 13.0. The maximum Gasteiger partial charge on any atom is 0.211 e. The first-order chi connectivity index (χ1) is 10.7. The average molecular weight is 304 g/mol. The molecule has 0 aliphatic heterocycles. The molecule has 4 rings (SSSR count). The smallest absolute Gasteiger partial charge is 0.211 e. The molecule has 2 unspecified atom stereocenters. The summed E-state index contributed by atoms with van der Waals surface area (Å²) >= 11 is 0. The second kappa shape index (κ2) is 5.08. The van der Waals surface area contributed by atoms with Crippen LogP contribution in [0.5, 0.6) is 0 Å². The summed E-state index contributed by atoms with van der Waals surface area (Å²) in [4.78, 5) is 0. The van der Waals surface area contributed by atoms with E-state index in [9.17, 15) is 0 Å². The Kier molecular flexibility index (Phi) is 3.17. The topological polar surface area (TPSA) is 9.23 Å². The van der Waals surface area contributed by atoms with Crippen molar-refractivity contribution in [3.8, 4) is 0 Å². The molecule has 110 valence electrons. The van der Waals surface area contributed by atoms with E-state index in [0.29, 0.717) is 11.1 Å². The maximum absolute atomic E-state index is 6.26. The minimum atomic E-state index is -2.03. The fourth-order valence-electron chi connectivity index (χ4n) is 3.95. The minimum absolute atomic E-state index is 0.412. The highest BCUT2D eigenvalue weighted by atomic mass is 28.4. The molecule has 0 aromatic heterocycles. The van der Waals surface area contributed by atoms with Crippen LogP contribution in [0.25, 0.3) is 12.2 Å². The first-order valence-electron chi connectivity index (χ1n) is 7.83. The van der Waals surface area contributed by atoms with E-state index in [2.05, 4.69) is 79.4 Å². The van der Waals surface area contributed by atoms with Crippen LogP contribution in [0.4, 0.5) is 0 Å². The van der Waals surface area contributed by atoms with E-state index in [1.807, 2.05) is 7.11 Å². The van der Waals surface area contributed by atoms with Crippen LogP contribution < -0.4 is 0 Å². The van der Waals surface area contributed by atoms with Crippen molar-refractivity contribution in [2.45, 2.75) is 17.6 Å². The summed E-state index contributed by atoms with van der Waals surface area (Å²) in [6, 6.07) is 17.4. The van der Waals surface area contributed by atoms with Gasteiger partial charge in [0.05, 0.1) is 0 Å². The third-order valence-electron chi connectivity index (χ3n) is 5.27. The van der Waals surface area contributed by atoms with Crippen LogP contribution in [0.1, 0.15) is 33.3 Å². The zero-order valence-corrected chi connectivity index (χ0v) is 14.0. The second-order valence-corrected chi connectivity index (χ2v) is 10.3. The molecular formula is C20H20OSi. The lowest BCUT2D eigenvalue weighted by Gasteiger charge is -2.36. The minimum Gasteiger partial charge on any atom is -0.418 e. The fourth-order valence-corrected chi connectivity index (χ4v) is 7.56. The van der Waals surface area contributed by atoms with Crippen LogP contribution in [0.2, 0.25) is 6.55 Å². The summed E-state index contributed by atoms with van der Waals surface area (Å²) in [5.41, 5.74) is 6.37. The maximum atomic E-state index is 6.26. The van der Waals surface area contributed by atoms with E-state index in [-0.39, 0.29) is 0 Å². The lowest BCUT2D eigenvalue weighted by molar-refractivity contribution is 0.385. The van der Waals surface area contributed by atoms with Crippen LogP contribution in [-0.4, -0.2) is 15.4 Å². The molecule has 2 atom stereocenters. The van der Waals surface area contributed by atoms with E-state index < -0.39 is 8.32 Å². The summed E-state index contributed by atoms with van der Waals surface area (Å²) < 4.78 is 6.26. The highest BCUT2D eigenvalue weighted by molar-refractivity contribution is 6.76.